The van der Waals surface area contributed by atoms with E-state index in [-0.39, 0.29) is 11.8 Å². The number of rotatable bonds is 7. The molecule has 1 aliphatic carbocycles. The number of nitrogens with zero attached hydrogens (tertiary/aromatic N) is 1. The smallest absolute Gasteiger partial charge is 0.268 e. The number of methoxy groups -OCH3 is 1. The minimum absolute atomic E-state index is 0.0477. The summed E-state index contributed by atoms with van der Waals surface area (Å²) in [5, 5.41) is 4.44. The molecule has 6 nitrogen and oxygen atoms in total. The average Bonchev–Trinajstić information content (AvgIpc) is 3.11. The summed E-state index contributed by atoms with van der Waals surface area (Å²) >= 11 is 6.47. The molecule has 1 atom stereocenters. The van der Waals surface area contributed by atoms with Crippen LogP contribution >= 0.6 is 11.6 Å². The summed E-state index contributed by atoms with van der Waals surface area (Å²) in [4.78, 5) is 25.0. The van der Waals surface area contributed by atoms with Crippen LogP contribution in [0.15, 0.2) is 42.5 Å². The Hall–Kier alpha value is -2.83. The summed E-state index contributed by atoms with van der Waals surface area (Å²) in [5.41, 5.74) is 2.78. The van der Waals surface area contributed by atoms with Crippen LogP contribution in [0.5, 0.6) is 5.75 Å². The van der Waals surface area contributed by atoms with Crippen molar-refractivity contribution in [2.75, 3.05) is 20.3 Å². The van der Waals surface area contributed by atoms with Crippen LogP contribution in [0.4, 0.5) is 0 Å². The molecule has 3 aromatic rings. The zero-order valence-electron chi connectivity index (χ0n) is 18.8. The molecule has 2 fully saturated rings. The van der Waals surface area contributed by atoms with Crippen LogP contribution in [-0.4, -0.2) is 37.1 Å². The molecule has 5 rings (SSSR count). The van der Waals surface area contributed by atoms with E-state index in [1.165, 1.54) is 6.42 Å². The van der Waals surface area contributed by atoms with Gasteiger partial charge in [0, 0.05) is 18.4 Å². The first kappa shape index (κ1) is 22.0. The van der Waals surface area contributed by atoms with Gasteiger partial charge >= 0.3 is 0 Å². The van der Waals surface area contributed by atoms with E-state index in [1.54, 1.807) is 19.2 Å². The van der Waals surface area contributed by atoms with E-state index in [4.69, 9.17) is 21.1 Å². The molecule has 172 valence electrons. The lowest BCUT2D eigenvalue weighted by molar-refractivity contribution is -0.110. The fraction of sp³-hybridized carbons (Fsp3) is 0.385. The summed E-state index contributed by atoms with van der Waals surface area (Å²) < 4.78 is 12.7. The molecule has 1 saturated carbocycles. The summed E-state index contributed by atoms with van der Waals surface area (Å²) in [6.45, 7) is 0.798. The highest BCUT2D eigenvalue weighted by molar-refractivity contribution is 6.37. The van der Waals surface area contributed by atoms with Gasteiger partial charge in [-0.2, -0.15) is 0 Å². The van der Waals surface area contributed by atoms with E-state index >= 15 is 0 Å². The van der Waals surface area contributed by atoms with Gasteiger partial charge in [0.05, 0.1) is 30.9 Å². The van der Waals surface area contributed by atoms with Crippen molar-refractivity contribution >= 4 is 34.7 Å². The van der Waals surface area contributed by atoms with Crippen LogP contribution in [0.2, 0.25) is 5.02 Å². The quantitative estimate of drug-likeness (QED) is 0.517. The number of nitrogens with one attached hydrogen (secondary N) is 1. The summed E-state index contributed by atoms with van der Waals surface area (Å²) in [6, 6.07) is 13.5. The maximum Gasteiger partial charge on any atom is 0.268 e. The molecule has 1 amide bonds. The molecule has 0 spiro atoms. The highest BCUT2D eigenvalue weighted by atomic mass is 35.5. The number of halogens is 1. The highest BCUT2D eigenvalue weighted by Crippen LogP contribution is 2.39. The van der Waals surface area contributed by atoms with Gasteiger partial charge in [0.2, 0.25) is 0 Å². The Bertz CT molecular complexity index is 1210. The molecule has 1 aromatic heterocycles. The van der Waals surface area contributed by atoms with Crippen molar-refractivity contribution in [3.05, 3.63) is 64.3 Å². The Morgan fingerprint density at radius 1 is 1.24 bits per heavy atom. The topological polar surface area (TPSA) is 69.6 Å². The van der Waals surface area contributed by atoms with Gasteiger partial charge in [-0.05, 0) is 48.1 Å². The number of ether oxygens (including phenoxy) is 2. The van der Waals surface area contributed by atoms with E-state index in [9.17, 15) is 9.59 Å². The van der Waals surface area contributed by atoms with Crippen molar-refractivity contribution < 1.29 is 19.1 Å². The van der Waals surface area contributed by atoms with Crippen molar-refractivity contribution in [3.8, 4) is 5.75 Å². The average molecular weight is 467 g/mol. The number of carbonyl (C=O) groups excluding carboxylic acids is 2. The molecular formula is C26H27ClN2O4. The molecule has 2 aliphatic rings. The Morgan fingerprint density at radius 3 is 2.52 bits per heavy atom. The monoisotopic (exact) mass is 466 g/mol. The number of benzene rings is 2. The number of aldehydes is 1. The largest absolute Gasteiger partial charge is 0.495 e. The van der Waals surface area contributed by atoms with Crippen molar-refractivity contribution in [3.63, 3.8) is 0 Å². The lowest BCUT2D eigenvalue weighted by atomic mass is 9.73. The molecule has 0 radical (unpaired) electrons. The molecule has 1 unspecified atom stereocenters. The SMILES string of the molecule is COc1ccc2c(cc(C(=O)NC3(c4ccc(C(C=O)C5CCC5)cc4)COC3)n2C)c1Cl. The van der Waals surface area contributed by atoms with Crippen LogP contribution in [-0.2, 0) is 22.1 Å². The summed E-state index contributed by atoms with van der Waals surface area (Å²) in [7, 11) is 3.41. The van der Waals surface area contributed by atoms with Crippen molar-refractivity contribution in [2.24, 2.45) is 13.0 Å². The van der Waals surface area contributed by atoms with E-state index in [1.807, 2.05) is 41.9 Å². The van der Waals surface area contributed by atoms with E-state index in [0.29, 0.717) is 35.6 Å². The van der Waals surface area contributed by atoms with Crippen LogP contribution in [0, 0.1) is 5.92 Å². The molecular weight excluding hydrogens is 440 g/mol. The normalized spacial score (nSPS) is 18.3. The molecule has 1 saturated heterocycles. The molecule has 1 aliphatic heterocycles. The van der Waals surface area contributed by atoms with Gasteiger partial charge in [0.15, 0.2) is 0 Å². The van der Waals surface area contributed by atoms with E-state index in [2.05, 4.69) is 5.32 Å². The standard InChI is InChI=1S/C26H27ClN2O4/c1-29-21-10-11-23(32-2)24(27)19(21)12-22(29)25(31)28-26(14-33-15-26)18-8-6-17(7-9-18)20(13-30)16-4-3-5-16/h6-13,16,20H,3-5,14-15H2,1-2H3,(H,28,31). The Kier molecular flexibility index (Phi) is 5.67. The third-order valence-electron chi connectivity index (χ3n) is 7.28. The van der Waals surface area contributed by atoms with Crippen molar-refractivity contribution in [1.29, 1.82) is 0 Å². The zero-order valence-corrected chi connectivity index (χ0v) is 19.5. The maximum absolute atomic E-state index is 13.3. The van der Waals surface area contributed by atoms with Crippen LogP contribution in [0.3, 0.4) is 0 Å². The molecule has 1 N–H and O–H groups in total. The number of aryl methyl sites for hydroxylation is 1. The first-order valence-corrected chi connectivity index (χ1v) is 11.6. The third-order valence-corrected chi connectivity index (χ3v) is 7.67. The molecule has 2 aromatic carbocycles. The predicted molar refractivity (Wildman–Crippen MR) is 127 cm³/mol. The lowest BCUT2D eigenvalue weighted by Crippen LogP contribution is -2.59. The van der Waals surface area contributed by atoms with Crippen molar-refractivity contribution in [1.82, 2.24) is 9.88 Å². The van der Waals surface area contributed by atoms with Gasteiger partial charge in [-0.15, -0.1) is 0 Å². The summed E-state index contributed by atoms with van der Waals surface area (Å²) in [6.07, 6.45) is 4.49. The first-order valence-electron chi connectivity index (χ1n) is 11.3. The van der Waals surface area contributed by atoms with Gasteiger partial charge < -0.3 is 24.2 Å². The molecule has 2 heterocycles. The van der Waals surface area contributed by atoms with Gasteiger partial charge in [-0.25, -0.2) is 0 Å². The molecule has 7 heteroatoms. The van der Waals surface area contributed by atoms with E-state index < -0.39 is 5.54 Å². The Balaban J connectivity index is 1.41. The summed E-state index contributed by atoms with van der Waals surface area (Å²) in [5.74, 6) is 0.775. The third kappa shape index (κ3) is 3.62. The lowest BCUT2D eigenvalue weighted by Gasteiger charge is -2.42. The Labute approximate surface area is 197 Å². The van der Waals surface area contributed by atoms with Crippen LogP contribution < -0.4 is 10.1 Å². The van der Waals surface area contributed by atoms with E-state index in [0.717, 1.165) is 41.2 Å². The van der Waals surface area contributed by atoms with Crippen molar-refractivity contribution in [2.45, 2.75) is 30.7 Å². The first-order chi connectivity index (χ1) is 16.0. The molecule has 33 heavy (non-hydrogen) atoms. The minimum atomic E-state index is -0.597. The van der Waals surface area contributed by atoms with Gasteiger partial charge in [-0.3, -0.25) is 4.79 Å². The maximum atomic E-state index is 13.3. The van der Waals surface area contributed by atoms with Crippen LogP contribution in [0.1, 0.15) is 46.8 Å². The number of fused-ring (bicyclic) bond motifs is 1. The zero-order chi connectivity index (χ0) is 23.2. The van der Waals surface area contributed by atoms with Gasteiger partial charge in [0.1, 0.15) is 23.3 Å². The number of hydrogen-bond acceptors (Lipinski definition) is 4. The second-order valence-electron chi connectivity index (χ2n) is 9.11. The highest BCUT2D eigenvalue weighted by Gasteiger charge is 2.42. The fourth-order valence-corrected chi connectivity index (χ4v) is 5.21. The predicted octanol–water partition coefficient (Wildman–Crippen LogP) is 4.58. The number of aromatic nitrogens is 1. The van der Waals surface area contributed by atoms with Crippen LogP contribution in [0.25, 0.3) is 10.9 Å². The fourth-order valence-electron chi connectivity index (χ4n) is 4.92. The Morgan fingerprint density at radius 2 is 1.97 bits per heavy atom. The number of hydrogen-bond donors (Lipinski definition) is 1. The second kappa shape index (κ2) is 8.50. The number of carbonyl (C=O) groups is 2. The number of amides is 1. The second-order valence-corrected chi connectivity index (χ2v) is 9.49. The van der Waals surface area contributed by atoms with Gasteiger partial charge in [-0.1, -0.05) is 42.3 Å². The minimum Gasteiger partial charge on any atom is -0.495 e. The van der Waals surface area contributed by atoms with Gasteiger partial charge in [0.25, 0.3) is 5.91 Å². The molecule has 0 bridgehead atoms.